The van der Waals surface area contributed by atoms with Gasteiger partial charge in [-0.3, -0.25) is 0 Å². The normalized spacial score (nSPS) is 10.6. The average molecular weight is 338 g/mol. The number of benzene rings is 4. The smallest absolute Gasteiger partial charge is 0.131 e. The maximum Gasteiger partial charge on any atom is 0.131 e. The first-order chi connectivity index (χ1) is 12.7. The van der Waals surface area contributed by atoms with E-state index in [1.807, 2.05) is 84.9 Å². The van der Waals surface area contributed by atoms with Gasteiger partial charge in [0.15, 0.2) is 0 Å². The highest BCUT2D eigenvalue weighted by atomic mass is 16.3. The van der Waals surface area contributed by atoms with Gasteiger partial charge in [0.1, 0.15) is 11.5 Å². The van der Waals surface area contributed by atoms with Gasteiger partial charge in [0, 0.05) is 11.1 Å². The van der Waals surface area contributed by atoms with Crippen LogP contribution in [0.15, 0.2) is 97.1 Å². The first-order valence-electron chi connectivity index (χ1n) is 8.50. The third-order valence-electron chi connectivity index (χ3n) is 4.50. The highest BCUT2D eigenvalue weighted by Gasteiger charge is 2.16. The summed E-state index contributed by atoms with van der Waals surface area (Å²) < 4.78 is 0. The van der Waals surface area contributed by atoms with E-state index in [1.165, 1.54) is 0 Å². The number of phenolic OH excluding ortho intramolecular Hbond substituents is 2. The second-order valence-corrected chi connectivity index (χ2v) is 6.16. The Morgan fingerprint density at radius 1 is 0.423 bits per heavy atom. The molecule has 0 heterocycles. The lowest BCUT2D eigenvalue weighted by atomic mass is 9.90. The summed E-state index contributed by atoms with van der Waals surface area (Å²) in [4.78, 5) is 0. The fraction of sp³-hybridized carbons (Fsp3) is 0. The van der Waals surface area contributed by atoms with Gasteiger partial charge in [0.25, 0.3) is 0 Å². The lowest BCUT2D eigenvalue weighted by molar-refractivity contribution is 0.474. The summed E-state index contributed by atoms with van der Waals surface area (Å²) in [5.74, 6) is 0.442. The van der Waals surface area contributed by atoms with E-state index in [-0.39, 0.29) is 11.5 Å². The second-order valence-electron chi connectivity index (χ2n) is 6.16. The van der Waals surface area contributed by atoms with Crippen LogP contribution in [0, 0.1) is 0 Å². The molecule has 0 aliphatic rings. The van der Waals surface area contributed by atoms with Crippen molar-refractivity contribution in [2.45, 2.75) is 0 Å². The molecule has 0 radical (unpaired) electrons. The van der Waals surface area contributed by atoms with Gasteiger partial charge in [-0.25, -0.2) is 0 Å². The van der Waals surface area contributed by atoms with Crippen LogP contribution in [-0.4, -0.2) is 10.2 Å². The summed E-state index contributed by atoms with van der Waals surface area (Å²) in [6.45, 7) is 0. The fourth-order valence-electron chi connectivity index (χ4n) is 3.22. The zero-order chi connectivity index (χ0) is 17.9. The second kappa shape index (κ2) is 6.77. The van der Waals surface area contributed by atoms with Crippen LogP contribution in [0.2, 0.25) is 0 Å². The molecular formula is C24H18O2. The van der Waals surface area contributed by atoms with Crippen LogP contribution in [0.4, 0.5) is 0 Å². The Balaban J connectivity index is 1.99. The largest absolute Gasteiger partial charge is 0.508 e. The highest BCUT2D eigenvalue weighted by Crippen LogP contribution is 2.44. The molecule has 0 aromatic heterocycles. The van der Waals surface area contributed by atoms with Gasteiger partial charge in [-0.15, -0.1) is 0 Å². The van der Waals surface area contributed by atoms with Crippen LogP contribution in [0.1, 0.15) is 0 Å². The van der Waals surface area contributed by atoms with Crippen molar-refractivity contribution in [2.75, 3.05) is 0 Å². The number of hydrogen-bond acceptors (Lipinski definition) is 2. The topological polar surface area (TPSA) is 40.5 Å². The minimum atomic E-state index is 0.203. The quantitative estimate of drug-likeness (QED) is 0.474. The molecule has 0 fully saturated rings. The van der Waals surface area contributed by atoms with E-state index in [9.17, 15) is 10.2 Å². The van der Waals surface area contributed by atoms with E-state index < -0.39 is 0 Å². The minimum absolute atomic E-state index is 0.203. The van der Waals surface area contributed by atoms with E-state index in [0.717, 1.165) is 33.4 Å². The number of aromatic hydroxyl groups is 2. The molecule has 0 saturated heterocycles. The van der Waals surface area contributed by atoms with Gasteiger partial charge in [0.05, 0.1) is 0 Å². The zero-order valence-electron chi connectivity index (χ0n) is 14.1. The Morgan fingerprint density at radius 3 is 1.50 bits per heavy atom. The summed E-state index contributed by atoms with van der Waals surface area (Å²) in [5, 5.41) is 20.8. The molecule has 4 rings (SSSR count). The van der Waals surface area contributed by atoms with Crippen LogP contribution in [0.3, 0.4) is 0 Å². The molecule has 2 heteroatoms. The lowest BCUT2D eigenvalue weighted by Gasteiger charge is -2.16. The van der Waals surface area contributed by atoms with Crippen molar-refractivity contribution in [3.63, 3.8) is 0 Å². The first-order valence-corrected chi connectivity index (χ1v) is 8.50. The Morgan fingerprint density at radius 2 is 0.923 bits per heavy atom. The van der Waals surface area contributed by atoms with E-state index in [4.69, 9.17) is 0 Å². The standard InChI is InChI=1S/C24H18O2/c25-20-13-11-19(12-14-20)23-21(17-7-3-1-4-8-17)15-16-22(24(23)26)18-9-5-2-6-10-18/h1-16,25-26H. The molecule has 4 aromatic rings. The molecule has 126 valence electrons. The van der Waals surface area contributed by atoms with E-state index in [0.29, 0.717) is 0 Å². The molecule has 0 saturated carbocycles. The molecule has 0 spiro atoms. The van der Waals surface area contributed by atoms with Gasteiger partial charge >= 0.3 is 0 Å². The Hall–Kier alpha value is -3.52. The molecule has 26 heavy (non-hydrogen) atoms. The molecule has 0 unspecified atom stereocenters. The van der Waals surface area contributed by atoms with Gasteiger partial charge in [-0.2, -0.15) is 0 Å². The van der Waals surface area contributed by atoms with Gasteiger partial charge in [0.2, 0.25) is 0 Å². The maximum absolute atomic E-state index is 11.1. The zero-order valence-corrected chi connectivity index (χ0v) is 14.1. The first kappa shape index (κ1) is 16.0. The SMILES string of the molecule is Oc1ccc(-c2c(-c3ccccc3)ccc(-c3ccccc3)c2O)cc1. The third kappa shape index (κ3) is 2.93. The summed E-state index contributed by atoms with van der Waals surface area (Å²) in [6, 6.07) is 30.8. The predicted molar refractivity (Wildman–Crippen MR) is 106 cm³/mol. The monoisotopic (exact) mass is 338 g/mol. The Kier molecular flexibility index (Phi) is 4.16. The van der Waals surface area contributed by atoms with Crippen molar-refractivity contribution in [3.8, 4) is 44.9 Å². The minimum Gasteiger partial charge on any atom is -0.508 e. The average Bonchev–Trinajstić information content (AvgIpc) is 2.70. The molecular weight excluding hydrogens is 320 g/mol. The number of hydrogen-bond donors (Lipinski definition) is 2. The predicted octanol–water partition coefficient (Wildman–Crippen LogP) is 6.10. The Bertz CT molecular complexity index is 1020. The highest BCUT2D eigenvalue weighted by molar-refractivity contribution is 5.93. The molecule has 0 atom stereocenters. The molecule has 2 N–H and O–H groups in total. The van der Waals surface area contributed by atoms with Crippen molar-refractivity contribution in [3.05, 3.63) is 97.1 Å². The lowest BCUT2D eigenvalue weighted by Crippen LogP contribution is -1.89. The molecule has 4 aromatic carbocycles. The van der Waals surface area contributed by atoms with E-state index >= 15 is 0 Å². The molecule has 0 aliphatic carbocycles. The summed E-state index contributed by atoms with van der Waals surface area (Å²) in [6.07, 6.45) is 0. The maximum atomic E-state index is 11.1. The number of rotatable bonds is 3. The summed E-state index contributed by atoms with van der Waals surface area (Å²) in [5.41, 5.74) is 5.35. The molecule has 0 aliphatic heterocycles. The molecule has 0 bridgehead atoms. The van der Waals surface area contributed by atoms with Crippen LogP contribution in [-0.2, 0) is 0 Å². The van der Waals surface area contributed by atoms with Gasteiger partial charge < -0.3 is 10.2 Å². The van der Waals surface area contributed by atoms with E-state index in [2.05, 4.69) is 0 Å². The third-order valence-corrected chi connectivity index (χ3v) is 4.50. The van der Waals surface area contributed by atoms with Crippen molar-refractivity contribution < 1.29 is 10.2 Å². The van der Waals surface area contributed by atoms with Crippen molar-refractivity contribution >= 4 is 0 Å². The number of phenols is 2. The van der Waals surface area contributed by atoms with Crippen LogP contribution in [0.5, 0.6) is 11.5 Å². The van der Waals surface area contributed by atoms with E-state index in [1.54, 1.807) is 12.1 Å². The van der Waals surface area contributed by atoms with Crippen molar-refractivity contribution in [1.29, 1.82) is 0 Å². The molecule has 0 amide bonds. The summed E-state index contributed by atoms with van der Waals surface area (Å²) in [7, 11) is 0. The van der Waals surface area contributed by atoms with Crippen molar-refractivity contribution in [1.82, 2.24) is 0 Å². The van der Waals surface area contributed by atoms with Gasteiger partial charge in [-0.1, -0.05) is 78.9 Å². The fourth-order valence-corrected chi connectivity index (χ4v) is 3.22. The Labute approximate surface area is 152 Å². The van der Waals surface area contributed by atoms with Crippen LogP contribution >= 0.6 is 0 Å². The van der Waals surface area contributed by atoms with Crippen molar-refractivity contribution in [2.24, 2.45) is 0 Å². The molecule has 2 nitrogen and oxygen atoms in total. The van der Waals surface area contributed by atoms with Crippen LogP contribution < -0.4 is 0 Å². The summed E-state index contributed by atoms with van der Waals surface area (Å²) >= 11 is 0. The van der Waals surface area contributed by atoms with Gasteiger partial charge in [-0.05, 0) is 40.5 Å². The van der Waals surface area contributed by atoms with Crippen LogP contribution in [0.25, 0.3) is 33.4 Å².